The molecule has 1 aliphatic rings. The van der Waals surface area contributed by atoms with Crippen molar-refractivity contribution in [2.75, 3.05) is 0 Å². The second kappa shape index (κ2) is 6.67. The van der Waals surface area contributed by atoms with E-state index in [1.807, 2.05) is 17.5 Å². The molecule has 1 aliphatic carbocycles. The summed E-state index contributed by atoms with van der Waals surface area (Å²) in [6.45, 7) is 7.77. The number of hydrogen-bond donors (Lipinski definition) is 1. The third-order valence-electron chi connectivity index (χ3n) is 3.82. The summed E-state index contributed by atoms with van der Waals surface area (Å²) < 4.78 is 0. The molecule has 1 N–H and O–H groups in total. The third kappa shape index (κ3) is 4.36. The number of nitrogens with zero attached hydrogens (tertiary/aromatic N) is 1. The van der Waals surface area contributed by atoms with Crippen molar-refractivity contribution < 1.29 is 0 Å². The number of nitrogens with one attached hydrogen (secondary N) is 1. The molecule has 0 radical (unpaired) electrons. The average Bonchev–Trinajstić information content (AvgIpc) is 2.72. The Morgan fingerprint density at radius 1 is 1.44 bits per heavy atom. The first-order valence-electron chi connectivity index (χ1n) is 7.28. The maximum atomic E-state index is 4.31. The van der Waals surface area contributed by atoms with Gasteiger partial charge in [0.2, 0.25) is 0 Å². The molecule has 1 aromatic heterocycles. The first kappa shape index (κ1) is 14.0. The minimum atomic E-state index is 0.727. The fourth-order valence-electron chi connectivity index (χ4n) is 3.09. The van der Waals surface area contributed by atoms with Gasteiger partial charge in [-0.05, 0) is 38.0 Å². The van der Waals surface area contributed by atoms with Gasteiger partial charge in [0.1, 0.15) is 0 Å². The van der Waals surface area contributed by atoms with E-state index >= 15 is 0 Å². The van der Waals surface area contributed by atoms with Gasteiger partial charge in [-0.1, -0.05) is 26.7 Å². The zero-order chi connectivity index (χ0) is 13.0. The largest absolute Gasteiger partial charge is 0.309 e. The Morgan fingerprint density at radius 2 is 2.28 bits per heavy atom. The van der Waals surface area contributed by atoms with Crippen LogP contribution in [0.1, 0.15) is 55.8 Å². The lowest BCUT2D eigenvalue weighted by atomic mass is 9.81. The van der Waals surface area contributed by atoms with Crippen LogP contribution in [0.25, 0.3) is 0 Å². The molecule has 0 saturated heterocycles. The molecule has 102 valence electrons. The van der Waals surface area contributed by atoms with Crippen LogP contribution in [0.2, 0.25) is 0 Å². The normalized spacial score (nSPS) is 24.7. The topological polar surface area (TPSA) is 24.9 Å². The van der Waals surface area contributed by atoms with Crippen molar-refractivity contribution in [2.24, 2.45) is 11.8 Å². The van der Waals surface area contributed by atoms with Crippen molar-refractivity contribution in [1.82, 2.24) is 10.3 Å². The lowest BCUT2D eigenvalue weighted by Crippen LogP contribution is -2.33. The molecule has 1 saturated carbocycles. The van der Waals surface area contributed by atoms with Crippen LogP contribution in [0.3, 0.4) is 0 Å². The Labute approximate surface area is 115 Å². The van der Waals surface area contributed by atoms with Gasteiger partial charge in [0, 0.05) is 23.7 Å². The summed E-state index contributed by atoms with van der Waals surface area (Å²) in [5.74, 6) is 1.79. The Bertz CT molecular complexity index is 359. The molecule has 0 amide bonds. The number of thiazole rings is 1. The van der Waals surface area contributed by atoms with E-state index in [4.69, 9.17) is 0 Å². The monoisotopic (exact) mass is 266 g/mol. The van der Waals surface area contributed by atoms with Crippen molar-refractivity contribution >= 4 is 11.3 Å². The summed E-state index contributed by atoms with van der Waals surface area (Å²) in [4.78, 5) is 5.69. The SMILES string of the molecule is Cc1ncc(CNC2CCCC(CC(C)C)C2)s1. The summed E-state index contributed by atoms with van der Waals surface area (Å²) in [6.07, 6.45) is 8.98. The highest BCUT2D eigenvalue weighted by atomic mass is 32.1. The molecule has 0 bridgehead atoms. The fraction of sp³-hybridized carbons (Fsp3) is 0.800. The van der Waals surface area contributed by atoms with Gasteiger partial charge >= 0.3 is 0 Å². The summed E-state index contributed by atoms with van der Waals surface area (Å²) in [5, 5.41) is 4.90. The highest BCUT2D eigenvalue weighted by molar-refractivity contribution is 7.11. The zero-order valence-electron chi connectivity index (χ0n) is 11.9. The average molecular weight is 266 g/mol. The quantitative estimate of drug-likeness (QED) is 0.866. The molecule has 2 nitrogen and oxygen atoms in total. The van der Waals surface area contributed by atoms with Gasteiger partial charge in [-0.3, -0.25) is 0 Å². The van der Waals surface area contributed by atoms with Crippen LogP contribution in [-0.2, 0) is 6.54 Å². The van der Waals surface area contributed by atoms with Gasteiger partial charge < -0.3 is 5.32 Å². The molecule has 0 spiro atoms. The lowest BCUT2D eigenvalue weighted by molar-refractivity contribution is 0.252. The van der Waals surface area contributed by atoms with Crippen LogP contribution in [0.5, 0.6) is 0 Å². The van der Waals surface area contributed by atoms with Crippen LogP contribution < -0.4 is 5.32 Å². The van der Waals surface area contributed by atoms with Crippen molar-refractivity contribution in [2.45, 2.75) is 65.5 Å². The molecule has 2 rings (SSSR count). The maximum Gasteiger partial charge on any atom is 0.0897 e. The Morgan fingerprint density at radius 3 is 2.94 bits per heavy atom. The van der Waals surface area contributed by atoms with E-state index in [1.54, 1.807) is 0 Å². The fourth-order valence-corrected chi connectivity index (χ4v) is 3.83. The minimum Gasteiger partial charge on any atom is -0.309 e. The number of aryl methyl sites for hydroxylation is 1. The predicted molar refractivity (Wildman–Crippen MR) is 78.9 cm³/mol. The summed E-state index contributed by atoms with van der Waals surface area (Å²) in [7, 11) is 0. The predicted octanol–water partition coefficient (Wildman–Crippen LogP) is 4.15. The van der Waals surface area contributed by atoms with E-state index in [1.165, 1.54) is 42.0 Å². The maximum absolute atomic E-state index is 4.31. The highest BCUT2D eigenvalue weighted by Gasteiger charge is 2.22. The number of hydrogen-bond acceptors (Lipinski definition) is 3. The van der Waals surface area contributed by atoms with E-state index in [2.05, 4.69) is 31.1 Å². The molecule has 0 aromatic carbocycles. The van der Waals surface area contributed by atoms with Gasteiger partial charge in [-0.25, -0.2) is 4.98 Å². The van der Waals surface area contributed by atoms with E-state index in [-0.39, 0.29) is 0 Å². The summed E-state index contributed by atoms with van der Waals surface area (Å²) in [6, 6.07) is 0.727. The van der Waals surface area contributed by atoms with E-state index < -0.39 is 0 Å². The van der Waals surface area contributed by atoms with Crippen LogP contribution in [0, 0.1) is 18.8 Å². The first-order chi connectivity index (χ1) is 8.63. The number of rotatable bonds is 5. The third-order valence-corrected chi connectivity index (χ3v) is 4.73. The molecular weight excluding hydrogens is 240 g/mol. The van der Waals surface area contributed by atoms with Crippen molar-refractivity contribution in [3.63, 3.8) is 0 Å². The van der Waals surface area contributed by atoms with Crippen LogP contribution in [-0.4, -0.2) is 11.0 Å². The first-order valence-corrected chi connectivity index (χ1v) is 8.10. The van der Waals surface area contributed by atoms with Crippen LogP contribution in [0.4, 0.5) is 0 Å². The van der Waals surface area contributed by atoms with E-state index in [0.29, 0.717) is 0 Å². The molecule has 1 fully saturated rings. The minimum absolute atomic E-state index is 0.727. The van der Waals surface area contributed by atoms with Gasteiger partial charge in [-0.15, -0.1) is 11.3 Å². The van der Waals surface area contributed by atoms with E-state index in [9.17, 15) is 0 Å². The van der Waals surface area contributed by atoms with Gasteiger partial charge in [-0.2, -0.15) is 0 Å². The second-order valence-electron chi connectivity index (χ2n) is 6.09. The summed E-state index contributed by atoms with van der Waals surface area (Å²) in [5.41, 5.74) is 0. The zero-order valence-corrected chi connectivity index (χ0v) is 12.7. The smallest absolute Gasteiger partial charge is 0.0897 e. The highest BCUT2D eigenvalue weighted by Crippen LogP contribution is 2.29. The molecule has 1 heterocycles. The van der Waals surface area contributed by atoms with Gasteiger partial charge in [0.25, 0.3) is 0 Å². The number of aromatic nitrogens is 1. The van der Waals surface area contributed by atoms with Gasteiger partial charge in [0.05, 0.1) is 5.01 Å². The molecule has 2 unspecified atom stereocenters. The van der Waals surface area contributed by atoms with Crippen molar-refractivity contribution in [3.8, 4) is 0 Å². The lowest BCUT2D eigenvalue weighted by Gasteiger charge is -2.30. The van der Waals surface area contributed by atoms with Crippen molar-refractivity contribution in [3.05, 3.63) is 16.1 Å². The molecule has 18 heavy (non-hydrogen) atoms. The Hall–Kier alpha value is -0.410. The van der Waals surface area contributed by atoms with Crippen LogP contribution in [0.15, 0.2) is 6.20 Å². The van der Waals surface area contributed by atoms with Gasteiger partial charge in [0.15, 0.2) is 0 Å². The molecule has 0 aliphatic heterocycles. The van der Waals surface area contributed by atoms with Crippen LogP contribution >= 0.6 is 11.3 Å². The molecule has 3 heteroatoms. The Balaban J connectivity index is 1.75. The molecular formula is C15H26N2S. The second-order valence-corrected chi connectivity index (χ2v) is 7.40. The van der Waals surface area contributed by atoms with Crippen molar-refractivity contribution in [1.29, 1.82) is 0 Å². The van der Waals surface area contributed by atoms with E-state index in [0.717, 1.165) is 24.4 Å². The molecule has 1 aromatic rings. The molecule has 2 atom stereocenters. The summed E-state index contributed by atoms with van der Waals surface area (Å²) >= 11 is 1.81. The Kier molecular flexibility index (Phi) is 5.19. The standard InChI is InChI=1S/C15H26N2S/c1-11(2)7-13-5-4-6-14(8-13)17-10-15-9-16-12(3)18-15/h9,11,13-14,17H,4-8,10H2,1-3H3.